The van der Waals surface area contributed by atoms with E-state index in [0.29, 0.717) is 23.8 Å². The van der Waals surface area contributed by atoms with Crippen LogP contribution in [0.5, 0.6) is 0 Å². The molecule has 2 atom stereocenters. The van der Waals surface area contributed by atoms with Gasteiger partial charge < -0.3 is 14.6 Å². The summed E-state index contributed by atoms with van der Waals surface area (Å²) < 4.78 is 1.92. The first-order valence-electron chi connectivity index (χ1n) is 6.86. The lowest BCUT2D eigenvalue weighted by molar-refractivity contribution is 0.0752. The van der Waals surface area contributed by atoms with Crippen molar-refractivity contribution in [2.75, 3.05) is 13.1 Å². The van der Waals surface area contributed by atoms with E-state index >= 15 is 0 Å². The second kappa shape index (κ2) is 5.97. The van der Waals surface area contributed by atoms with Gasteiger partial charge in [0.15, 0.2) is 0 Å². The van der Waals surface area contributed by atoms with E-state index in [2.05, 4.69) is 6.92 Å². The lowest BCUT2D eigenvalue weighted by atomic mass is 10.0. The normalized spacial score (nSPS) is 20.8. The van der Waals surface area contributed by atoms with Crippen LogP contribution in [0.15, 0.2) is 12.3 Å². The van der Waals surface area contributed by atoms with E-state index in [1.54, 1.807) is 19.2 Å². The highest BCUT2D eigenvalue weighted by Crippen LogP contribution is 2.23. The summed E-state index contributed by atoms with van der Waals surface area (Å²) in [6, 6.07) is 1.73. The maximum absolute atomic E-state index is 12.5. The molecule has 2 heterocycles. The van der Waals surface area contributed by atoms with Crippen molar-refractivity contribution in [3.63, 3.8) is 0 Å². The van der Waals surface area contributed by atoms with Crippen LogP contribution in [0, 0.1) is 5.92 Å². The van der Waals surface area contributed by atoms with Crippen LogP contribution in [-0.2, 0) is 6.54 Å². The smallest absolute Gasteiger partial charge is 0.270 e. The van der Waals surface area contributed by atoms with E-state index in [1.807, 2.05) is 9.47 Å². The average Bonchev–Trinajstić information content (AvgIpc) is 2.95. The molecular weight excluding hydrogens is 264 g/mol. The van der Waals surface area contributed by atoms with Gasteiger partial charge in [-0.1, -0.05) is 18.5 Å². The number of nitrogens with zero attached hydrogens (tertiary/aromatic N) is 2. The van der Waals surface area contributed by atoms with Crippen LogP contribution in [0.4, 0.5) is 0 Å². The molecule has 0 bridgehead atoms. The zero-order chi connectivity index (χ0) is 14.0. The largest absolute Gasteiger partial charge is 0.393 e. The summed E-state index contributed by atoms with van der Waals surface area (Å²) in [6.07, 6.45) is 3.28. The fraction of sp³-hybridized carbons (Fsp3) is 0.643. The first kappa shape index (κ1) is 14.4. The number of aromatic nitrogens is 1. The van der Waals surface area contributed by atoms with Crippen molar-refractivity contribution >= 4 is 17.5 Å². The standard InChI is InChI=1S/C14H21ClN2O2/c1-3-5-16-9-12(15)7-13(16)14(19)17-6-4-11(8-17)10(2)18/h7,9-11,18H,3-6,8H2,1-2H3. The SMILES string of the molecule is CCCn1cc(Cl)cc1C(=O)N1CCC(C(C)O)C1. The minimum atomic E-state index is -0.358. The molecule has 0 saturated carbocycles. The van der Waals surface area contributed by atoms with E-state index in [1.165, 1.54) is 0 Å². The molecule has 1 aliphatic rings. The summed E-state index contributed by atoms with van der Waals surface area (Å²) in [5.74, 6) is 0.206. The van der Waals surface area contributed by atoms with Gasteiger partial charge in [-0.3, -0.25) is 4.79 Å². The molecule has 0 radical (unpaired) electrons. The fourth-order valence-corrected chi connectivity index (χ4v) is 2.83. The maximum Gasteiger partial charge on any atom is 0.270 e. The van der Waals surface area contributed by atoms with Crippen LogP contribution >= 0.6 is 11.6 Å². The molecule has 1 aromatic rings. The van der Waals surface area contributed by atoms with Crippen molar-refractivity contribution in [3.05, 3.63) is 23.0 Å². The molecule has 1 aromatic heterocycles. The number of hydrogen-bond donors (Lipinski definition) is 1. The number of halogens is 1. The molecule has 0 spiro atoms. The molecule has 2 rings (SSSR count). The summed E-state index contributed by atoms with van der Waals surface area (Å²) in [5.41, 5.74) is 0.651. The molecule has 0 aliphatic carbocycles. The van der Waals surface area contributed by atoms with Gasteiger partial charge in [0, 0.05) is 31.7 Å². The Balaban J connectivity index is 2.12. The number of hydrogen-bond acceptors (Lipinski definition) is 2. The van der Waals surface area contributed by atoms with Crippen molar-refractivity contribution in [2.24, 2.45) is 5.92 Å². The lowest BCUT2D eigenvalue weighted by Crippen LogP contribution is -2.31. The molecule has 2 unspecified atom stereocenters. The molecule has 1 aliphatic heterocycles. The third-order valence-electron chi connectivity index (χ3n) is 3.74. The summed E-state index contributed by atoms with van der Waals surface area (Å²) in [4.78, 5) is 14.3. The Labute approximate surface area is 119 Å². The van der Waals surface area contributed by atoms with Gasteiger partial charge in [-0.25, -0.2) is 0 Å². The number of amides is 1. The average molecular weight is 285 g/mol. The van der Waals surface area contributed by atoms with Crippen LogP contribution in [-0.4, -0.2) is 39.7 Å². The van der Waals surface area contributed by atoms with Gasteiger partial charge in [0.1, 0.15) is 5.69 Å². The third-order valence-corrected chi connectivity index (χ3v) is 3.95. The topological polar surface area (TPSA) is 45.5 Å². The van der Waals surface area contributed by atoms with Crippen LogP contribution in [0.3, 0.4) is 0 Å². The van der Waals surface area contributed by atoms with Crippen molar-refractivity contribution in [1.29, 1.82) is 0 Å². The number of aliphatic hydroxyl groups excluding tert-OH is 1. The molecule has 0 aromatic carbocycles. The molecule has 1 N–H and O–H groups in total. The Morgan fingerprint density at radius 3 is 2.95 bits per heavy atom. The number of rotatable bonds is 4. The first-order valence-corrected chi connectivity index (χ1v) is 7.23. The predicted molar refractivity (Wildman–Crippen MR) is 75.4 cm³/mol. The summed E-state index contributed by atoms with van der Waals surface area (Å²) >= 11 is 6.00. The highest BCUT2D eigenvalue weighted by molar-refractivity contribution is 6.31. The molecule has 1 fully saturated rings. The number of carbonyl (C=O) groups is 1. The summed E-state index contributed by atoms with van der Waals surface area (Å²) in [6.45, 7) is 5.99. The fourth-order valence-electron chi connectivity index (χ4n) is 2.61. The van der Waals surface area contributed by atoms with E-state index in [4.69, 9.17) is 11.6 Å². The molecule has 106 valence electrons. The van der Waals surface area contributed by atoms with Crippen LogP contribution in [0.1, 0.15) is 37.2 Å². The predicted octanol–water partition coefficient (Wildman–Crippen LogP) is 2.39. The maximum atomic E-state index is 12.5. The van der Waals surface area contributed by atoms with Gasteiger partial charge in [0.05, 0.1) is 11.1 Å². The molecular formula is C14H21ClN2O2. The lowest BCUT2D eigenvalue weighted by Gasteiger charge is -2.18. The molecule has 19 heavy (non-hydrogen) atoms. The van der Waals surface area contributed by atoms with Crippen molar-refractivity contribution in [2.45, 2.75) is 39.3 Å². The summed E-state index contributed by atoms with van der Waals surface area (Å²) in [7, 11) is 0. The van der Waals surface area contributed by atoms with E-state index in [-0.39, 0.29) is 17.9 Å². The molecule has 1 amide bonds. The zero-order valence-electron chi connectivity index (χ0n) is 11.5. The Kier molecular flexibility index (Phi) is 4.53. The number of aliphatic hydroxyl groups is 1. The quantitative estimate of drug-likeness (QED) is 0.923. The highest BCUT2D eigenvalue weighted by Gasteiger charge is 2.30. The first-order chi connectivity index (χ1) is 9.02. The minimum absolute atomic E-state index is 0.0171. The van der Waals surface area contributed by atoms with Crippen LogP contribution in [0.25, 0.3) is 0 Å². The Hall–Kier alpha value is -1.00. The van der Waals surface area contributed by atoms with Crippen molar-refractivity contribution < 1.29 is 9.90 Å². The van der Waals surface area contributed by atoms with E-state index in [9.17, 15) is 9.90 Å². The monoisotopic (exact) mass is 284 g/mol. The third kappa shape index (κ3) is 3.12. The van der Waals surface area contributed by atoms with E-state index < -0.39 is 0 Å². The van der Waals surface area contributed by atoms with Gasteiger partial charge in [-0.05, 0) is 25.8 Å². The Bertz CT molecular complexity index is 456. The number of carbonyl (C=O) groups excluding carboxylic acids is 1. The number of likely N-dealkylation sites (tertiary alicyclic amines) is 1. The van der Waals surface area contributed by atoms with Crippen LogP contribution < -0.4 is 0 Å². The Morgan fingerprint density at radius 1 is 1.63 bits per heavy atom. The van der Waals surface area contributed by atoms with Gasteiger partial charge in [0.2, 0.25) is 0 Å². The van der Waals surface area contributed by atoms with Crippen molar-refractivity contribution in [1.82, 2.24) is 9.47 Å². The van der Waals surface area contributed by atoms with Gasteiger partial charge in [-0.2, -0.15) is 0 Å². The minimum Gasteiger partial charge on any atom is -0.393 e. The number of aryl methyl sites for hydroxylation is 1. The molecule has 4 nitrogen and oxygen atoms in total. The van der Waals surface area contributed by atoms with Gasteiger partial charge in [0.25, 0.3) is 5.91 Å². The van der Waals surface area contributed by atoms with Crippen molar-refractivity contribution in [3.8, 4) is 0 Å². The molecule has 5 heteroatoms. The second-order valence-electron chi connectivity index (χ2n) is 5.28. The van der Waals surface area contributed by atoms with Gasteiger partial charge in [-0.15, -0.1) is 0 Å². The Morgan fingerprint density at radius 2 is 2.37 bits per heavy atom. The van der Waals surface area contributed by atoms with Crippen LogP contribution in [0.2, 0.25) is 5.02 Å². The second-order valence-corrected chi connectivity index (χ2v) is 5.71. The van der Waals surface area contributed by atoms with E-state index in [0.717, 1.165) is 19.4 Å². The highest BCUT2D eigenvalue weighted by atomic mass is 35.5. The molecule has 1 saturated heterocycles. The van der Waals surface area contributed by atoms with Gasteiger partial charge >= 0.3 is 0 Å². The summed E-state index contributed by atoms with van der Waals surface area (Å²) in [5, 5.41) is 10.2. The zero-order valence-corrected chi connectivity index (χ0v) is 12.2.